The van der Waals surface area contributed by atoms with Crippen LogP contribution in [0.1, 0.15) is 12.8 Å². The highest BCUT2D eigenvalue weighted by Crippen LogP contribution is 2.38. The van der Waals surface area contributed by atoms with Crippen LogP contribution in [0, 0.1) is 11.8 Å². The van der Waals surface area contributed by atoms with Crippen molar-refractivity contribution in [3.05, 3.63) is 12.3 Å². The van der Waals surface area contributed by atoms with Crippen LogP contribution in [0.3, 0.4) is 0 Å². The number of hydrogen-bond acceptors (Lipinski definition) is 5. The molecule has 3 unspecified atom stereocenters. The second-order valence-electron chi connectivity index (χ2n) is 4.97. The average molecular weight is 234 g/mol. The zero-order valence-electron chi connectivity index (χ0n) is 10.0. The predicted molar refractivity (Wildman–Crippen MR) is 65.0 cm³/mol. The third-order valence-electron chi connectivity index (χ3n) is 4.02. The van der Waals surface area contributed by atoms with Crippen molar-refractivity contribution in [1.82, 2.24) is 9.97 Å². The molecule has 0 bridgehead atoms. The molecular formula is C12H18N4O. The van der Waals surface area contributed by atoms with Crippen molar-refractivity contribution in [2.75, 3.05) is 25.1 Å². The molecule has 2 fully saturated rings. The van der Waals surface area contributed by atoms with Crippen LogP contribution in [-0.2, 0) is 0 Å². The Hall–Kier alpha value is -1.36. The van der Waals surface area contributed by atoms with Crippen molar-refractivity contribution in [3.63, 3.8) is 0 Å². The molecule has 1 aromatic heterocycles. The summed E-state index contributed by atoms with van der Waals surface area (Å²) in [5.41, 5.74) is 6.12. The lowest BCUT2D eigenvalue weighted by Crippen LogP contribution is -2.30. The highest BCUT2D eigenvalue weighted by molar-refractivity contribution is 5.34. The molecule has 1 saturated carbocycles. The molecule has 3 rings (SSSR count). The van der Waals surface area contributed by atoms with Gasteiger partial charge in [0.05, 0.1) is 7.11 Å². The SMILES string of the molecule is COc1ccnc(N2CC3CCC(N)C3C2)n1. The summed E-state index contributed by atoms with van der Waals surface area (Å²) in [6, 6.07) is 2.13. The van der Waals surface area contributed by atoms with Gasteiger partial charge in [-0.05, 0) is 24.7 Å². The van der Waals surface area contributed by atoms with Crippen LogP contribution in [0.25, 0.3) is 0 Å². The molecule has 1 aliphatic heterocycles. The minimum absolute atomic E-state index is 0.357. The summed E-state index contributed by atoms with van der Waals surface area (Å²) in [5, 5.41) is 0. The summed E-state index contributed by atoms with van der Waals surface area (Å²) in [4.78, 5) is 10.9. The first kappa shape index (κ1) is 10.8. The van der Waals surface area contributed by atoms with Crippen molar-refractivity contribution in [3.8, 4) is 5.88 Å². The van der Waals surface area contributed by atoms with Crippen molar-refractivity contribution in [1.29, 1.82) is 0 Å². The van der Waals surface area contributed by atoms with Gasteiger partial charge >= 0.3 is 0 Å². The summed E-state index contributed by atoms with van der Waals surface area (Å²) in [6.07, 6.45) is 4.16. The molecule has 1 aromatic rings. The molecule has 2 N–H and O–H groups in total. The van der Waals surface area contributed by atoms with E-state index in [1.54, 1.807) is 19.4 Å². The Labute approximate surface area is 101 Å². The maximum atomic E-state index is 6.12. The monoisotopic (exact) mass is 234 g/mol. The minimum atomic E-state index is 0.357. The molecular weight excluding hydrogens is 216 g/mol. The van der Waals surface area contributed by atoms with Crippen LogP contribution in [0.5, 0.6) is 5.88 Å². The van der Waals surface area contributed by atoms with Gasteiger partial charge in [-0.3, -0.25) is 0 Å². The van der Waals surface area contributed by atoms with Gasteiger partial charge in [0.1, 0.15) is 0 Å². The van der Waals surface area contributed by atoms with Gasteiger partial charge in [-0.25, -0.2) is 4.98 Å². The third kappa shape index (κ3) is 1.84. The second kappa shape index (κ2) is 4.14. The molecule has 0 amide bonds. The van der Waals surface area contributed by atoms with Crippen molar-refractivity contribution in [2.24, 2.45) is 17.6 Å². The molecule has 0 aromatic carbocycles. The van der Waals surface area contributed by atoms with E-state index in [9.17, 15) is 0 Å². The van der Waals surface area contributed by atoms with E-state index in [0.29, 0.717) is 17.8 Å². The minimum Gasteiger partial charge on any atom is -0.481 e. The average Bonchev–Trinajstić information content (AvgIpc) is 2.92. The molecule has 2 heterocycles. The van der Waals surface area contributed by atoms with Gasteiger partial charge in [0, 0.05) is 31.4 Å². The predicted octanol–water partition coefficient (Wildman–Crippen LogP) is 0.659. The Morgan fingerprint density at radius 2 is 2.29 bits per heavy atom. The van der Waals surface area contributed by atoms with Gasteiger partial charge in [0.15, 0.2) is 0 Å². The van der Waals surface area contributed by atoms with Crippen molar-refractivity contribution >= 4 is 5.95 Å². The molecule has 0 spiro atoms. The molecule has 5 heteroatoms. The van der Waals surface area contributed by atoms with E-state index in [0.717, 1.165) is 25.0 Å². The first-order valence-corrected chi connectivity index (χ1v) is 6.15. The maximum absolute atomic E-state index is 6.12. The van der Waals surface area contributed by atoms with Crippen LogP contribution in [-0.4, -0.2) is 36.2 Å². The third-order valence-corrected chi connectivity index (χ3v) is 4.02. The lowest BCUT2D eigenvalue weighted by molar-refractivity contribution is 0.396. The second-order valence-corrected chi connectivity index (χ2v) is 4.97. The molecule has 1 aliphatic carbocycles. The molecule has 2 aliphatic rings. The number of rotatable bonds is 2. The van der Waals surface area contributed by atoms with Crippen LogP contribution >= 0.6 is 0 Å². The highest BCUT2D eigenvalue weighted by Gasteiger charge is 2.41. The Morgan fingerprint density at radius 3 is 3.06 bits per heavy atom. The summed E-state index contributed by atoms with van der Waals surface area (Å²) in [6.45, 7) is 2.02. The number of ether oxygens (including phenoxy) is 1. The van der Waals surface area contributed by atoms with Crippen molar-refractivity contribution < 1.29 is 4.74 Å². The Kier molecular flexibility index (Phi) is 2.63. The standard InChI is InChI=1S/C12H18N4O/c1-17-11-4-5-14-12(15-11)16-6-8-2-3-10(13)9(8)7-16/h4-5,8-10H,2-3,6-7,13H2,1H3. The quantitative estimate of drug-likeness (QED) is 0.814. The fourth-order valence-corrected chi connectivity index (χ4v) is 3.07. The van der Waals surface area contributed by atoms with Crippen molar-refractivity contribution in [2.45, 2.75) is 18.9 Å². The Bertz CT molecular complexity index is 411. The fraction of sp³-hybridized carbons (Fsp3) is 0.667. The smallest absolute Gasteiger partial charge is 0.228 e. The summed E-state index contributed by atoms with van der Waals surface area (Å²) in [7, 11) is 1.63. The molecule has 3 atom stereocenters. The number of anilines is 1. The van der Waals surface area contributed by atoms with Crippen LogP contribution in [0.4, 0.5) is 5.95 Å². The van der Waals surface area contributed by atoms with E-state index in [4.69, 9.17) is 10.5 Å². The van der Waals surface area contributed by atoms with E-state index in [-0.39, 0.29) is 0 Å². The van der Waals surface area contributed by atoms with E-state index < -0.39 is 0 Å². The Balaban J connectivity index is 1.78. The van der Waals surface area contributed by atoms with E-state index in [1.165, 1.54) is 12.8 Å². The maximum Gasteiger partial charge on any atom is 0.228 e. The van der Waals surface area contributed by atoms with E-state index in [2.05, 4.69) is 14.9 Å². The zero-order chi connectivity index (χ0) is 11.8. The van der Waals surface area contributed by atoms with Gasteiger partial charge < -0.3 is 15.4 Å². The molecule has 92 valence electrons. The lowest BCUT2D eigenvalue weighted by Gasteiger charge is -2.18. The first-order valence-electron chi connectivity index (χ1n) is 6.15. The summed E-state index contributed by atoms with van der Waals surface area (Å²) in [5.74, 6) is 2.73. The van der Waals surface area contributed by atoms with Gasteiger partial charge in [-0.15, -0.1) is 0 Å². The molecule has 1 saturated heterocycles. The first-order chi connectivity index (χ1) is 8.28. The lowest BCUT2D eigenvalue weighted by atomic mass is 9.98. The van der Waals surface area contributed by atoms with Crippen LogP contribution in [0.15, 0.2) is 12.3 Å². The largest absolute Gasteiger partial charge is 0.481 e. The van der Waals surface area contributed by atoms with Crippen LogP contribution < -0.4 is 15.4 Å². The fourth-order valence-electron chi connectivity index (χ4n) is 3.07. The Morgan fingerprint density at radius 1 is 1.41 bits per heavy atom. The van der Waals surface area contributed by atoms with E-state index >= 15 is 0 Å². The van der Waals surface area contributed by atoms with Gasteiger partial charge in [0.25, 0.3) is 0 Å². The zero-order valence-corrected chi connectivity index (χ0v) is 10.0. The van der Waals surface area contributed by atoms with Gasteiger partial charge in [0.2, 0.25) is 11.8 Å². The molecule has 5 nitrogen and oxygen atoms in total. The van der Waals surface area contributed by atoms with Gasteiger partial charge in [-0.2, -0.15) is 4.98 Å². The normalized spacial score (nSPS) is 31.6. The number of aromatic nitrogens is 2. The molecule has 17 heavy (non-hydrogen) atoms. The number of hydrogen-bond donors (Lipinski definition) is 1. The topological polar surface area (TPSA) is 64.3 Å². The number of fused-ring (bicyclic) bond motifs is 1. The van der Waals surface area contributed by atoms with E-state index in [1.807, 2.05) is 0 Å². The summed E-state index contributed by atoms with van der Waals surface area (Å²) < 4.78 is 5.13. The summed E-state index contributed by atoms with van der Waals surface area (Å²) >= 11 is 0. The van der Waals surface area contributed by atoms with Crippen LogP contribution in [0.2, 0.25) is 0 Å². The number of nitrogens with two attached hydrogens (primary N) is 1. The number of methoxy groups -OCH3 is 1. The highest BCUT2D eigenvalue weighted by atomic mass is 16.5. The molecule has 0 radical (unpaired) electrons. The number of nitrogens with zero attached hydrogens (tertiary/aromatic N) is 3. The van der Waals surface area contributed by atoms with Gasteiger partial charge in [-0.1, -0.05) is 0 Å².